The van der Waals surface area contributed by atoms with Crippen LogP contribution in [-0.4, -0.2) is 83.5 Å². The Morgan fingerprint density at radius 2 is 1.78 bits per heavy atom. The van der Waals surface area contributed by atoms with Crippen LogP contribution in [0.4, 0.5) is 8.78 Å². The number of alkyl halides is 2. The number of benzene rings is 2. The summed E-state index contributed by atoms with van der Waals surface area (Å²) in [6, 6.07) is 12.9. The number of halogens is 4. The summed E-state index contributed by atoms with van der Waals surface area (Å²) in [5, 5.41) is 8.10. The minimum Gasteiger partial charge on any atom is -0.494 e. The van der Waals surface area contributed by atoms with Crippen LogP contribution in [0.2, 0.25) is 10.0 Å². The number of thiazole rings is 1. The number of nitrogens with zero attached hydrogens (tertiary/aromatic N) is 4. The number of hydrogen-bond acceptors (Lipinski definition) is 12. The van der Waals surface area contributed by atoms with Crippen LogP contribution in [0.5, 0.6) is 11.6 Å². The Hall–Kier alpha value is -4.71. The monoisotopic (exact) mass is 943 g/mol. The van der Waals surface area contributed by atoms with E-state index >= 15 is 4.79 Å². The number of ketones is 1. The molecule has 0 spiro atoms. The van der Waals surface area contributed by atoms with Gasteiger partial charge in [-0.2, -0.15) is 0 Å². The molecule has 2 aliphatic carbocycles. The SMILES string of the molecule is COc1cnc(O[C@@H]2C[C@@H](C(=O)C[C@]3(C(=O)NS(=O)(=O)C4CC4)C[C@H]3CC(F)F)N(C(=O)[C@@H](Cc3nc(-c4cc(-c5ccc(Cl)cc5)no4)cs3)C(C)(C)C)C2)c2cc(Cl)ccc12. The zero-order valence-corrected chi connectivity index (χ0v) is 37.9. The number of pyridine rings is 1. The van der Waals surface area contributed by atoms with Gasteiger partial charge in [0.05, 0.1) is 41.6 Å². The molecule has 1 N–H and O–H groups in total. The fourth-order valence-electron chi connectivity index (χ4n) is 8.42. The Balaban J connectivity index is 1.08. The quantitative estimate of drug-likeness (QED) is 0.100. The largest absolute Gasteiger partial charge is 0.494 e. The second-order valence-electron chi connectivity index (χ2n) is 17.6. The van der Waals surface area contributed by atoms with Gasteiger partial charge in [0.15, 0.2) is 11.5 Å². The minimum absolute atomic E-state index is 0.0162. The highest BCUT2D eigenvalue weighted by Crippen LogP contribution is 2.59. The molecule has 334 valence electrons. The molecule has 0 unspecified atom stereocenters. The molecule has 3 aromatic heterocycles. The number of Topliss-reactive ketones (excluding diaryl/α,β-unsaturated/α-hetero) is 1. The molecule has 19 heteroatoms. The number of likely N-dealkylation sites (tertiary alicyclic amines) is 1. The van der Waals surface area contributed by atoms with Crippen molar-refractivity contribution >= 4 is 72.9 Å². The molecule has 3 fully saturated rings. The maximum absolute atomic E-state index is 15.1. The Morgan fingerprint density at radius 3 is 2.46 bits per heavy atom. The third-order valence-corrected chi connectivity index (χ3v) is 15.4. The summed E-state index contributed by atoms with van der Waals surface area (Å²) in [6.45, 7) is 5.68. The molecular formula is C44H45Cl2F2N5O8S2. The van der Waals surface area contributed by atoms with Crippen molar-refractivity contribution in [1.29, 1.82) is 0 Å². The van der Waals surface area contributed by atoms with Crippen LogP contribution in [0.25, 0.3) is 33.5 Å². The van der Waals surface area contributed by atoms with Gasteiger partial charge in [0.2, 0.25) is 34.1 Å². The van der Waals surface area contributed by atoms with E-state index in [0.717, 1.165) is 5.56 Å². The van der Waals surface area contributed by atoms with Crippen molar-refractivity contribution in [2.45, 2.75) is 89.5 Å². The van der Waals surface area contributed by atoms with E-state index in [1.54, 1.807) is 36.4 Å². The molecule has 1 saturated heterocycles. The van der Waals surface area contributed by atoms with Crippen LogP contribution in [0.1, 0.15) is 64.3 Å². The van der Waals surface area contributed by atoms with Gasteiger partial charge in [-0.05, 0) is 60.9 Å². The van der Waals surface area contributed by atoms with Gasteiger partial charge in [0.25, 0.3) is 0 Å². The number of hydrogen-bond donors (Lipinski definition) is 1. The highest BCUT2D eigenvalue weighted by molar-refractivity contribution is 7.90. The van der Waals surface area contributed by atoms with Gasteiger partial charge < -0.3 is 18.9 Å². The van der Waals surface area contributed by atoms with Gasteiger partial charge in [0, 0.05) is 69.4 Å². The molecule has 0 radical (unpaired) electrons. The van der Waals surface area contributed by atoms with Crippen molar-refractivity contribution < 1.29 is 45.6 Å². The lowest BCUT2D eigenvalue weighted by Gasteiger charge is -2.35. The van der Waals surface area contributed by atoms with Gasteiger partial charge in [-0.15, -0.1) is 11.3 Å². The van der Waals surface area contributed by atoms with E-state index in [9.17, 15) is 26.8 Å². The summed E-state index contributed by atoms with van der Waals surface area (Å²) in [6.07, 6.45) is -2.45. The number of carbonyl (C=O) groups excluding carboxylic acids is 3. The number of methoxy groups -OCH3 is 1. The van der Waals surface area contributed by atoms with E-state index in [2.05, 4.69) is 14.9 Å². The molecule has 1 aliphatic heterocycles. The van der Waals surface area contributed by atoms with Crippen LogP contribution in [0, 0.1) is 22.7 Å². The molecule has 4 heterocycles. The van der Waals surface area contributed by atoms with Crippen molar-refractivity contribution in [2.24, 2.45) is 22.7 Å². The van der Waals surface area contributed by atoms with Crippen molar-refractivity contribution in [2.75, 3.05) is 13.7 Å². The van der Waals surface area contributed by atoms with E-state index < -0.39 is 81.0 Å². The first-order valence-corrected chi connectivity index (χ1v) is 23.7. The number of sulfonamides is 1. The third-order valence-electron chi connectivity index (χ3n) is 12.2. The van der Waals surface area contributed by atoms with Crippen molar-refractivity contribution in [3.8, 4) is 34.3 Å². The summed E-state index contributed by atoms with van der Waals surface area (Å²) < 4.78 is 73.0. The zero-order valence-electron chi connectivity index (χ0n) is 34.8. The molecular weight excluding hydrogens is 900 g/mol. The van der Waals surface area contributed by atoms with Crippen molar-refractivity contribution in [1.82, 2.24) is 24.7 Å². The Bertz CT molecular complexity index is 2670. The van der Waals surface area contributed by atoms with E-state index in [0.29, 0.717) is 61.6 Å². The maximum atomic E-state index is 15.1. The molecule has 63 heavy (non-hydrogen) atoms. The number of ether oxygens (including phenoxy) is 2. The summed E-state index contributed by atoms with van der Waals surface area (Å²) in [5.41, 5.74) is -0.411. The smallest absolute Gasteiger partial charge is 0.240 e. The molecule has 13 nitrogen and oxygen atoms in total. The number of aromatic nitrogens is 3. The predicted molar refractivity (Wildman–Crippen MR) is 233 cm³/mol. The molecule has 8 rings (SSSR count). The van der Waals surface area contributed by atoms with Crippen LogP contribution >= 0.6 is 34.5 Å². The highest BCUT2D eigenvalue weighted by Gasteiger charge is 2.63. The summed E-state index contributed by atoms with van der Waals surface area (Å²) in [4.78, 5) is 54.2. The molecule has 2 amide bonds. The number of fused-ring (bicyclic) bond motifs is 1. The van der Waals surface area contributed by atoms with Crippen molar-refractivity contribution in [3.05, 3.63) is 75.2 Å². The van der Waals surface area contributed by atoms with Crippen molar-refractivity contribution in [3.63, 3.8) is 0 Å². The van der Waals surface area contributed by atoms with E-state index in [1.807, 2.05) is 38.3 Å². The molecule has 3 aliphatic rings. The normalized spacial score (nSPS) is 21.7. The maximum Gasteiger partial charge on any atom is 0.240 e. The van der Waals surface area contributed by atoms with Crippen LogP contribution < -0.4 is 14.2 Å². The zero-order chi connectivity index (χ0) is 45.0. The molecule has 2 saturated carbocycles. The van der Waals surface area contributed by atoms with Gasteiger partial charge in [-0.1, -0.05) is 61.3 Å². The van der Waals surface area contributed by atoms with Gasteiger partial charge >= 0.3 is 0 Å². The second kappa shape index (κ2) is 17.3. The van der Waals surface area contributed by atoms with E-state index in [4.69, 9.17) is 42.2 Å². The average Bonchev–Trinajstić information content (AvgIpc) is 3.99. The second-order valence-corrected chi connectivity index (χ2v) is 21.4. The molecule has 5 aromatic rings. The number of carbonyl (C=O) groups is 3. The highest BCUT2D eigenvalue weighted by atomic mass is 35.5. The summed E-state index contributed by atoms with van der Waals surface area (Å²) in [5.74, 6) is -2.47. The summed E-state index contributed by atoms with van der Waals surface area (Å²) >= 11 is 13.8. The molecule has 2 aromatic carbocycles. The molecule has 5 atom stereocenters. The fourth-order valence-corrected chi connectivity index (χ4v) is 10.9. The topological polar surface area (TPSA) is 171 Å². The Morgan fingerprint density at radius 1 is 1.05 bits per heavy atom. The Kier molecular flexibility index (Phi) is 12.4. The minimum atomic E-state index is -4.04. The van der Waals surface area contributed by atoms with Gasteiger partial charge in [-0.25, -0.2) is 27.2 Å². The van der Waals surface area contributed by atoms with Crippen LogP contribution in [-0.2, 0) is 30.8 Å². The fraction of sp³-hybridized carbons (Fsp3) is 0.455. The number of nitrogens with one attached hydrogen (secondary N) is 1. The number of rotatable bonds is 16. The lowest BCUT2D eigenvalue weighted by atomic mass is 9.77. The van der Waals surface area contributed by atoms with Gasteiger partial charge in [0.1, 0.15) is 23.2 Å². The first kappa shape index (κ1) is 44.9. The lowest BCUT2D eigenvalue weighted by molar-refractivity contribution is -0.144. The standard InChI is InChI=1S/C44H45Cl2F2N5O8S2/c1-43(2,3)31(16-39-50-33(22-62-39)36-17-32(51-61-36)23-5-7-25(45)8-6-23)41(55)53-21-27(60-40-30-14-26(46)9-12-29(30)37(59-4)20-49-40)15-34(53)35(54)19-44(18-24(44)13-38(47)48)42(56)52-63(57,58)28-10-11-28/h5-9,12,14,17,20,22,24,27-28,31,34,38H,10-11,13,15-16,18-19,21H2,1-4H3,(H,52,56)/t24-,27-,31-,34+,44-/m1/s1. The lowest BCUT2D eigenvalue weighted by Crippen LogP contribution is -2.48. The summed E-state index contributed by atoms with van der Waals surface area (Å²) in [7, 11) is -2.54. The van der Waals surface area contributed by atoms with E-state index in [1.165, 1.54) is 29.5 Å². The number of amides is 2. The average molecular weight is 945 g/mol. The Labute approximate surface area is 376 Å². The van der Waals surface area contributed by atoms with Crippen LogP contribution in [0.3, 0.4) is 0 Å². The first-order chi connectivity index (χ1) is 29.8. The van der Waals surface area contributed by atoms with Gasteiger partial charge in [-0.3, -0.25) is 19.1 Å². The molecule has 0 bridgehead atoms. The predicted octanol–water partition coefficient (Wildman–Crippen LogP) is 8.81. The first-order valence-electron chi connectivity index (χ1n) is 20.5. The third kappa shape index (κ3) is 9.57. The van der Waals surface area contributed by atoms with E-state index in [-0.39, 0.29) is 37.6 Å². The van der Waals surface area contributed by atoms with Crippen LogP contribution in [0.15, 0.2) is 64.6 Å².